The Morgan fingerprint density at radius 2 is 1.97 bits per heavy atom. The first-order valence-electron chi connectivity index (χ1n) is 8.81. The Hall–Kier alpha value is -2.89. The number of aliphatic imine (C=N–C) groups is 1. The van der Waals surface area contributed by atoms with Gasteiger partial charge in [0.25, 0.3) is 5.69 Å². The zero-order chi connectivity index (χ0) is 21.3. The van der Waals surface area contributed by atoms with Crippen LogP contribution in [-0.2, 0) is 12.6 Å². The number of benzene rings is 1. The van der Waals surface area contributed by atoms with Crippen LogP contribution in [0.4, 0.5) is 24.5 Å². The fourth-order valence-corrected chi connectivity index (χ4v) is 3.04. The minimum atomic E-state index is -4.43. The molecule has 0 fully saturated rings. The highest BCUT2D eigenvalue weighted by atomic mass is 32.1. The molecule has 0 atom stereocenters. The smallest absolute Gasteiger partial charge is 0.383 e. The number of rotatable bonds is 9. The molecular weight excluding hydrogens is 409 g/mol. The van der Waals surface area contributed by atoms with Crippen molar-refractivity contribution < 1.29 is 18.1 Å². The highest BCUT2D eigenvalue weighted by Crippen LogP contribution is 2.30. The second-order valence-electron chi connectivity index (χ2n) is 5.79. The number of nitro benzene ring substituents is 1. The maximum absolute atomic E-state index is 12.6. The first-order chi connectivity index (χ1) is 13.8. The number of alkyl halides is 3. The Morgan fingerprint density at radius 1 is 1.24 bits per heavy atom. The summed E-state index contributed by atoms with van der Waals surface area (Å²) in [6, 6.07) is 6.09. The van der Waals surface area contributed by atoms with Gasteiger partial charge in [-0.15, -0.1) is 11.3 Å². The van der Waals surface area contributed by atoms with E-state index in [1.807, 2.05) is 6.92 Å². The van der Waals surface area contributed by atoms with E-state index in [1.165, 1.54) is 12.1 Å². The number of nitrogens with zero attached hydrogens (tertiary/aromatic N) is 3. The van der Waals surface area contributed by atoms with Gasteiger partial charge in [-0.1, -0.05) is 0 Å². The second-order valence-corrected chi connectivity index (χ2v) is 6.74. The normalized spacial score (nSPS) is 11.9. The molecule has 8 nitrogen and oxygen atoms in total. The summed E-state index contributed by atoms with van der Waals surface area (Å²) in [5.41, 5.74) is -0.0924. The van der Waals surface area contributed by atoms with E-state index in [1.54, 1.807) is 12.1 Å². The van der Waals surface area contributed by atoms with Crippen molar-refractivity contribution in [3.05, 3.63) is 50.5 Å². The van der Waals surface area contributed by atoms with Crippen molar-refractivity contribution in [2.24, 2.45) is 4.99 Å². The van der Waals surface area contributed by atoms with Crippen LogP contribution in [0.1, 0.15) is 17.6 Å². The SMILES string of the molecule is CCNC(=NCCc1nc(C(F)(F)F)cs1)NCCNc1ccc([N+](=O)[O-])cc1. The van der Waals surface area contributed by atoms with E-state index < -0.39 is 16.8 Å². The van der Waals surface area contributed by atoms with Crippen molar-refractivity contribution in [1.29, 1.82) is 0 Å². The molecule has 0 bridgehead atoms. The number of non-ortho nitro benzene ring substituents is 1. The summed E-state index contributed by atoms with van der Waals surface area (Å²) in [4.78, 5) is 18.1. The average molecular weight is 430 g/mol. The lowest BCUT2D eigenvalue weighted by atomic mass is 10.3. The third-order valence-corrected chi connectivity index (χ3v) is 4.52. The van der Waals surface area contributed by atoms with Crippen molar-refractivity contribution in [2.45, 2.75) is 19.5 Å². The second kappa shape index (κ2) is 10.6. The first-order valence-corrected chi connectivity index (χ1v) is 9.69. The molecule has 158 valence electrons. The molecule has 2 aromatic rings. The molecule has 1 aromatic heterocycles. The van der Waals surface area contributed by atoms with Crippen LogP contribution in [0, 0.1) is 10.1 Å². The molecule has 0 radical (unpaired) electrons. The van der Waals surface area contributed by atoms with Crippen LogP contribution < -0.4 is 16.0 Å². The molecule has 2 rings (SSSR count). The Labute approximate surface area is 169 Å². The number of hydrogen-bond acceptors (Lipinski definition) is 6. The van der Waals surface area contributed by atoms with E-state index in [2.05, 4.69) is 25.9 Å². The molecule has 0 aliphatic rings. The molecule has 12 heteroatoms. The number of halogens is 3. The van der Waals surface area contributed by atoms with E-state index >= 15 is 0 Å². The number of hydrogen-bond donors (Lipinski definition) is 3. The molecule has 0 unspecified atom stereocenters. The average Bonchev–Trinajstić information content (AvgIpc) is 3.15. The van der Waals surface area contributed by atoms with E-state index in [0.29, 0.717) is 43.6 Å². The van der Waals surface area contributed by atoms with Crippen molar-refractivity contribution in [1.82, 2.24) is 15.6 Å². The summed E-state index contributed by atoms with van der Waals surface area (Å²) in [5.74, 6) is 0.547. The van der Waals surface area contributed by atoms with E-state index in [9.17, 15) is 23.3 Å². The van der Waals surface area contributed by atoms with Crippen molar-refractivity contribution in [2.75, 3.05) is 31.5 Å². The summed E-state index contributed by atoms with van der Waals surface area (Å²) in [5, 5.41) is 21.3. The van der Waals surface area contributed by atoms with Gasteiger partial charge in [-0.05, 0) is 19.1 Å². The molecular formula is C17H21F3N6O2S. The molecule has 0 saturated carbocycles. The van der Waals surface area contributed by atoms with Gasteiger partial charge < -0.3 is 16.0 Å². The zero-order valence-electron chi connectivity index (χ0n) is 15.6. The largest absolute Gasteiger partial charge is 0.434 e. The molecule has 0 saturated heterocycles. The fraction of sp³-hybridized carbons (Fsp3) is 0.412. The molecule has 0 aliphatic carbocycles. The Bertz CT molecular complexity index is 823. The third kappa shape index (κ3) is 7.56. The standard InChI is InChI=1S/C17H21F3N6O2S/c1-2-21-16(23-8-7-15-25-14(11-29-15)17(18,19)20)24-10-9-22-12-3-5-13(6-4-12)26(27)28/h3-6,11,22H,2,7-10H2,1H3,(H2,21,23,24). The van der Waals surface area contributed by atoms with E-state index in [-0.39, 0.29) is 5.69 Å². The van der Waals surface area contributed by atoms with Gasteiger partial charge in [-0.25, -0.2) is 4.98 Å². The number of guanidine groups is 1. The van der Waals surface area contributed by atoms with Gasteiger partial charge in [0.15, 0.2) is 11.7 Å². The van der Waals surface area contributed by atoms with Crippen molar-refractivity contribution >= 4 is 28.7 Å². The maximum atomic E-state index is 12.6. The van der Waals surface area contributed by atoms with Gasteiger partial charge >= 0.3 is 6.18 Å². The topological polar surface area (TPSA) is 104 Å². The van der Waals surface area contributed by atoms with Crippen LogP contribution in [0.5, 0.6) is 0 Å². The van der Waals surface area contributed by atoms with Gasteiger partial charge in [-0.3, -0.25) is 15.1 Å². The Morgan fingerprint density at radius 3 is 2.55 bits per heavy atom. The summed E-state index contributed by atoms with van der Waals surface area (Å²) < 4.78 is 37.7. The number of nitro groups is 1. The lowest BCUT2D eigenvalue weighted by Crippen LogP contribution is -2.39. The third-order valence-electron chi connectivity index (χ3n) is 3.61. The summed E-state index contributed by atoms with van der Waals surface area (Å²) in [7, 11) is 0. The van der Waals surface area contributed by atoms with Crippen LogP contribution in [0.15, 0.2) is 34.6 Å². The summed E-state index contributed by atoms with van der Waals surface area (Å²) in [6.07, 6.45) is -4.11. The minimum Gasteiger partial charge on any atom is -0.383 e. The monoisotopic (exact) mass is 430 g/mol. The fourth-order valence-electron chi connectivity index (χ4n) is 2.25. The number of thiazole rings is 1. The van der Waals surface area contributed by atoms with Gasteiger partial charge in [0.05, 0.1) is 9.93 Å². The number of nitrogens with one attached hydrogen (secondary N) is 3. The maximum Gasteiger partial charge on any atom is 0.434 e. The summed E-state index contributed by atoms with van der Waals surface area (Å²) in [6.45, 7) is 3.91. The zero-order valence-corrected chi connectivity index (χ0v) is 16.4. The number of aromatic nitrogens is 1. The Kier molecular flexibility index (Phi) is 8.19. The summed E-state index contributed by atoms with van der Waals surface area (Å²) >= 11 is 0.970. The van der Waals surface area contributed by atoms with Crippen LogP contribution >= 0.6 is 11.3 Å². The first kappa shape index (κ1) is 22.4. The van der Waals surface area contributed by atoms with Gasteiger partial charge in [0, 0.05) is 55.8 Å². The van der Waals surface area contributed by atoms with Crippen LogP contribution in [0.25, 0.3) is 0 Å². The lowest BCUT2D eigenvalue weighted by Gasteiger charge is -2.12. The predicted molar refractivity (Wildman–Crippen MR) is 106 cm³/mol. The van der Waals surface area contributed by atoms with E-state index in [4.69, 9.17) is 0 Å². The quantitative estimate of drug-likeness (QED) is 0.185. The molecule has 1 aromatic carbocycles. The highest BCUT2D eigenvalue weighted by molar-refractivity contribution is 7.09. The molecule has 3 N–H and O–H groups in total. The van der Waals surface area contributed by atoms with Crippen molar-refractivity contribution in [3.8, 4) is 0 Å². The molecule has 29 heavy (non-hydrogen) atoms. The molecule has 0 spiro atoms. The van der Waals surface area contributed by atoms with Crippen molar-refractivity contribution in [3.63, 3.8) is 0 Å². The van der Waals surface area contributed by atoms with Gasteiger partial charge in [0.1, 0.15) is 0 Å². The predicted octanol–water partition coefficient (Wildman–Crippen LogP) is 3.28. The van der Waals surface area contributed by atoms with Crippen LogP contribution in [-0.4, -0.2) is 42.0 Å². The van der Waals surface area contributed by atoms with Crippen LogP contribution in [0.3, 0.4) is 0 Å². The van der Waals surface area contributed by atoms with Gasteiger partial charge in [0.2, 0.25) is 0 Å². The number of anilines is 1. The molecule has 0 amide bonds. The van der Waals surface area contributed by atoms with E-state index in [0.717, 1.165) is 22.4 Å². The Balaban J connectivity index is 1.77. The lowest BCUT2D eigenvalue weighted by molar-refractivity contribution is -0.384. The molecule has 0 aliphatic heterocycles. The van der Waals surface area contributed by atoms with Gasteiger partial charge in [-0.2, -0.15) is 13.2 Å². The minimum absolute atomic E-state index is 0.0258. The highest BCUT2D eigenvalue weighted by Gasteiger charge is 2.33. The van der Waals surface area contributed by atoms with Crippen LogP contribution in [0.2, 0.25) is 0 Å². The molecule has 1 heterocycles.